The third-order valence-corrected chi connectivity index (χ3v) is 3.35. The summed E-state index contributed by atoms with van der Waals surface area (Å²) in [7, 11) is 0. The molecule has 1 aliphatic rings. The van der Waals surface area contributed by atoms with Gasteiger partial charge in [-0.1, -0.05) is 48.0 Å². The van der Waals surface area contributed by atoms with Gasteiger partial charge in [0.15, 0.2) is 5.60 Å². The van der Waals surface area contributed by atoms with Crippen molar-refractivity contribution < 1.29 is 5.11 Å². The molecule has 0 aromatic heterocycles. The van der Waals surface area contributed by atoms with E-state index in [0.717, 1.165) is 22.4 Å². The molecule has 18 heavy (non-hydrogen) atoms. The third-order valence-electron chi connectivity index (χ3n) is 3.35. The van der Waals surface area contributed by atoms with Crippen LogP contribution in [0.3, 0.4) is 0 Å². The number of benzene rings is 2. The highest BCUT2D eigenvalue weighted by Gasteiger charge is 2.42. The molecule has 3 nitrogen and oxygen atoms in total. The lowest BCUT2D eigenvalue weighted by Crippen LogP contribution is -2.39. The first kappa shape index (κ1) is 11.0. The summed E-state index contributed by atoms with van der Waals surface area (Å²) in [5.74, 6) is 0.231. The molecule has 2 aromatic carbocycles. The molecule has 90 valence electrons. The topological polar surface area (TPSA) is 58.6 Å². The van der Waals surface area contributed by atoms with Crippen molar-refractivity contribution in [1.82, 2.24) is 0 Å². The number of aryl methyl sites for hydroxylation is 1. The predicted molar refractivity (Wildman–Crippen MR) is 71.9 cm³/mol. The summed E-state index contributed by atoms with van der Waals surface area (Å²) in [6, 6.07) is 15.2. The second-order valence-corrected chi connectivity index (χ2v) is 4.59. The van der Waals surface area contributed by atoms with Crippen LogP contribution in [0.2, 0.25) is 0 Å². The molecule has 0 radical (unpaired) electrons. The molecule has 0 aliphatic carbocycles. The third kappa shape index (κ3) is 1.38. The van der Waals surface area contributed by atoms with Crippen molar-refractivity contribution in [3.05, 3.63) is 65.2 Å². The molecule has 0 spiro atoms. The monoisotopic (exact) mass is 238 g/mol. The average molecular weight is 238 g/mol. The minimum absolute atomic E-state index is 0.231. The molecule has 3 N–H and O–H groups in total. The summed E-state index contributed by atoms with van der Waals surface area (Å²) in [4.78, 5) is 4.27. The molecular weight excluding hydrogens is 224 g/mol. The minimum atomic E-state index is -1.30. The van der Waals surface area contributed by atoms with Gasteiger partial charge in [-0.3, -0.25) is 0 Å². The van der Waals surface area contributed by atoms with E-state index in [-0.39, 0.29) is 5.84 Å². The smallest absolute Gasteiger partial charge is 0.174 e. The Hall–Kier alpha value is -2.13. The highest BCUT2D eigenvalue weighted by Crippen LogP contribution is 2.41. The number of hydrogen-bond donors (Lipinski definition) is 2. The maximum absolute atomic E-state index is 11.0. The van der Waals surface area contributed by atoms with Crippen molar-refractivity contribution in [2.45, 2.75) is 12.5 Å². The van der Waals surface area contributed by atoms with Gasteiger partial charge in [0.2, 0.25) is 0 Å². The van der Waals surface area contributed by atoms with Crippen molar-refractivity contribution in [1.29, 1.82) is 0 Å². The number of fused-ring (bicyclic) bond motifs is 1. The first-order chi connectivity index (χ1) is 8.62. The molecular formula is C15H14N2O. The maximum Gasteiger partial charge on any atom is 0.174 e. The van der Waals surface area contributed by atoms with Crippen LogP contribution in [-0.4, -0.2) is 10.9 Å². The number of nitrogens with zero attached hydrogens (tertiary/aromatic N) is 1. The van der Waals surface area contributed by atoms with Gasteiger partial charge in [-0.05, 0) is 18.6 Å². The second-order valence-electron chi connectivity index (χ2n) is 4.59. The van der Waals surface area contributed by atoms with E-state index in [1.54, 1.807) is 0 Å². The van der Waals surface area contributed by atoms with E-state index in [4.69, 9.17) is 5.73 Å². The van der Waals surface area contributed by atoms with Crippen LogP contribution >= 0.6 is 0 Å². The van der Waals surface area contributed by atoms with Gasteiger partial charge in [0, 0.05) is 5.56 Å². The van der Waals surface area contributed by atoms with Gasteiger partial charge in [-0.15, -0.1) is 0 Å². The van der Waals surface area contributed by atoms with Crippen LogP contribution in [0.5, 0.6) is 0 Å². The van der Waals surface area contributed by atoms with Gasteiger partial charge in [0.05, 0.1) is 5.69 Å². The zero-order chi connectivity index (χ0) is 12.8. The van der Waals surface area contributed by atoms with E-state index in [9.17, 15) is 5.11 Å². The van der Waals surface area contributed by atoms with E-state index in [1.165, 1.54) is 0 Å². The number of rotatable bonds is 1. The van der Waals surface area contributed by atoms with Gasteiger partial charge in [0.25, 0.3) is 0 Å². The highest BCUT2D eigenvalue weighted by molar-refractivity contribution is 6.00. The molecule has 1 heterocycles. The van der Waals surface area contributed by atoms with Crippen LogP contribution in [-0.2, 0) is 5.60 Å². The van der Waals surface area contributed by atoms with Gasteiger partial charge in [-0.2, -0.15) is 0 Å². The Morgan fingerprint density at radius 2 is 1.83 bits per heavy atom. The van der Waals surface area contributed by atoms with E-state index >= 15 is 0 Å². The Morgan fingerprint density at radius 3 is 2.56 bits per heavy atom. The van der Waals surface area contributed by atoms with Gasteiger partial charge in [0.1, 0.15) is 5.84 Å². The van der Waals surface area contributed by atoms with Crippen LogP contribution in [0.1, 0.15) is 16.7 Å². The lowest BCUT2D eigenvalue weighted by molar-refractivity contribution is 0.158. The first-order valence-electron chi connectivity index (χ1n) is 5.86. The van der Waals surface area contributed by atoms with Crippen LogP contribution in [0.4, 0.5) is 5.69 Å². The van der Waals surface area contributed by atoms with Crippen molar-refractivity contribution in [2.75, 3.05) is 0 Å². The number of aliphatic hydroxyl groups is 1. The summed E-state index contributed by atoms with van der Waals surface area (Å²) in [5, 5.41) is 11.0. The van der Waals surface area contributed by atoms with E-state index in [0.29, 0.717) is 0 Å². The fraction of sp³-hybridized carbons (Fsp3) is 0.133. The van der Waals surface area contributed by atoms with Crippen molar-refractivity contribution in [2.24, 2.45) is 10.7 Å². The summed E-state index contributed by atoms with van der Waals surface area (Å²) in [6.07, 6.45) is 0. The van der Waals surface area contributed by atoms with Crippen LogP contribution in [0, 0.1) is 6.92 Å². The molecule has 0 fully saturated rings. The molecule has 0 saturated carbocycles. The number of amidine groups is 1. The molecule has 3 heteroatoms. The molecule has 0 amide bonds. The van der Waals surface area contributed by atoms with Crippen LogP contribution in [0.25, 0.3) is 0 Å². The van der Waals surface area contributed by atoms with Gasteiger partial charge in [-0.25, -0.2) is 4.99 Å². The number of hydrogen-bond acceptors (Lipinski definition) is 3. The lowest BCUT2D eigenvalue weighted by atomic mass is 9.86. The summed E-state index contributed by atoms with van der Waals surface area (Å²) >= 11 is 0. The predicted octanol–water partition coefficient (Wildman–Crippen LogP) is 2.23. The van der Waals surface area contributed by atoms with Crippen LogP contribution in [0.15, 0.2) is 53.5 Å². The number of aliphatic imine (C=N–C) groups is 1. The molecule has 1 atom stereocenters. The minimum Gasteiger partial charge on any atom is -0.384 e. The molecule has 2 aromatic rings. The molecule has 1 unspecified atom stereocenters. The Kier molecular flexibility index (Phi) is 2.25. The van der Waals surface area contributed by atoms with Crippen molar-refractivity contribution in [3.8, 4) is 0 Å². The van der Waals surface area contributed by atoms with Gasteiger partial charge < -0.3 is 10.8 Å². The fourth-order valence-electron chi connectivity index (χ4n) is 2.37. The second kappa shape index (κ2) is 3.68. The summed E-state index contributed by atoms with van der Waals surface area (Å²) in [5.41, 5.74) is 7.96. The summed E-state index contributed by atoms with van der Waals surface area (Å²) < 4.78 is 0. The first-order valence-corrected chi connectivity index (χ1v) is 5.86. The molecule has 1 aliphatic heterocycles. The van der Waals surface area contributed by atoms with E-state index in [1.807, 2.05) is 55.5 Å². The largest absolute Gasteiger partial charge is 0.384 e. The SMILES string of the molecule is Cc1ccc2c(c1)C(O)(c1ccccc1)C(N)=N2. The van der Waals surface area contributed by atoms with Crippen LogP contribution < -0.4 is 5.73 Å². The zero-order valence-electron chi connectivity index (χ0n) is 10.1. The lowest BCUT2D eigenvalue weighted by Gasteiger charge is -2.24. The Bertz CT molecular complexity index is 634. The fourth-order valence-corrected chi connectivity index (χ4v) is 2.37. The average Bonchev–Trinajstić information content (AvgIpc) is 2.64. The number of nitrogens with two attached hydrogens (primary N) is 1. The molecule has 0 saturated heterocycles. The highest BCUT2D eigenvalue weighted by atomic mass is 16.3. The van der Waals surface area contributed by atoms with Crippen molar-refractivity contribution >= 4 is 11.5 Å². The Morgan fingerprint density at radius 1 is 1.11 bits per heavy atom. The zero-order valence-corrected chi connectivity index (χ0v) is 10.1. The van der Waals surface area contributed by atoms with E-state index in [2.05, 4.69) is 4.99 Å². The van der Waals surface area contributed by atoms with Gasteiger partial charge >= 0.3 is 0 Å². The standard InChI is InChI=1S/C15H14N2O/c1-10-7-8-13-12(9-10)15(18,14(16)17-13)11-5-3-2-4-6-11/h2-9,18H,1H3,(H2,16,17). The molecule has 3 rings (SSSR count). The van der Waals surface area contributed by atoms with E-state index < -0.39 is 5.60 Å². The molecule has 0 bridgehead atoms. The normalized spacial score (nSPS) is 21.6. The van der Waals surface area contributed by atoms with Crippen molar-refractivity contribution in [3.63, 3.8) is 0 Å². The summed E-state index contributed by atoms with van der Waals surface area (Å²) in [6.45, 7) is 1.99. The maximum atomic E-state index is 11.0. The Balaban J connectivity index is 2.26. The quantitative estimate of drug-likeness (QED) is 0.800. The Labute approximate surface area is 106 Å².